The predicted octanol–water partition coefficient (Wildman–Crippen LogP) is 7.44. The van der Waals surface area contributed by atoms with Gasteiger partial charge in [-0.2, -0.15) is 0 Å². The van der Waals surface area contributed by atoms with E-state index in [9.17, 15) is 14.3 Å². The molecule has 1 rings (SSSR count). The van der Waals surface area contributed by atoms with E-state index >= 15 is 0 Å². The highest BCUT2D eigenvalue weighted by molar-refractivity contribution is 7.47. The summed E-state index contributed by atoms with van der Waals surface area (Å²) in [5.41, 5.74) is 0.965. The zero-order valence-electron chi connectivity index (χ0n) is 25.7. The molecule has 8 nitrogen and oxygen atoms in total. The van der Waals surface area contributed by atoms with Gasteiger partial charge in [-0.25, -0.2) is 4.57 Å². The van der Waals surface area contributed by atoms with E-state index in [1.165, 1.54) is 64.2 Å². The molecule has 0 amide bonds. The average Bonchev–Trinajstić information content (AvgIpc) is 2.89. The van der Waals surface area contributed by atoms with Gasteiger partial charge >= 0.3 is 13.8 Å². The van der Waals surface area contributed by atoms with E-state index in [1.54, 1.807) is 0 Å². The Balaban J connectivity index is 2.29. The third-order valence-corrected chi connectivity index (χ3v) is 7.70. The van der Waals surface area contributed by atoms with Gasteiger partial charge in [0.2, 0.25) is 0 Å². The lowest BCUT2D eigenvalue weighted by Gasteiger charge is -2.25. The molecular weight excluding hydrogens is 529 g/mol. The molecule has 1 aromatic rings. The van der Waals surface area contributed by atoms with E-state index < -0.39 is 13.9 Å². The fraction of sp³-hybridized carbons (Fsp3) is 0.774. The third kappa shape index (κ3) is 22.4. The molecule has 9 heteroatoms. The monoisotopic (exact) mass is 586 g/mol. The van der Waals surface area contributed by atoms with Crippen LogP contribution in [0.15, 0.2) is 30.3 Å². The fourth-order valence-electron chi connectivity index (χ4n) is 4.19. The number of rotatable bonds is 26. The molecule has 0 spiro atoms. The Labute approximate surface area is 243 Å². The molecule has 0 fully saturated rings. The fourth-order valence-corrected chi connectivity index (χ4v) is 5.06. The molecule has 2 atom stereocenters. The standard InChI is InChI=1S/C31H56NO7P/c1-5-6-7-8-9-10-11-12-13-14-15-16-20-23-31(33)37-28-30(27-36-26-29-21-18-17-19-22-29)39-40(34,35)38-25-24-32(2,3)4/h17-19,21-22,30H,5-16,20,23-28H2,1-4H3/p+1/t30-/m1/s1. The Kier molecular flexibility index (Phi) is 20.5. The van der Waals surface area contributed by atoms with Crippen LogP contribution in [-0.2, 0) is 34.5 Å². The zero-order valence-corrected chi connectivity index (χ0v) is 26.6. The van der Waals surface area contributed by atoms with Crippen LogP contribution in [-0.4, -0.2) is 69.0 Å². The summed E-state index contributed by atoms with van der Waals surface area (Å²) >= 11 is 0. The number of quaternary nitrogens is 1. The van der Waals surface area contributed by atoms with Crippen molar-refractivity contribution in [2.24, 2.45) is 0 Å². The summed E-state index contributed by atoms with van der Waals surface area (Å²) in [5, 5.41) is 0. The Morgan fingerprint density at radius 3 is 1.95 bits per heavy atom. The number of likely N-dealkylation sites (N-methyl/N-ethyl adjacent to an activating group) is 1. The molecule has 0 aliphatic heterocycles. The lowest BCUT2D eigenvalue weighted by atomic mass is 10.0. The van der Waals surface area contributed by atoms with Gasteiger partial charge in [0.25, 0.3) is 0 Å². The van der Waals surface area contributed by atoms with Crippen molar-refractivity contribution in [1.29, 1.82) is 0 Å². The van der Waals surface area contributed by atoms with Crippen molar-refractivity contribution in [3.63, 3.8) is 0 Å². The number of unbranched alkanes of at least 4 members (excludes halogenated alkanes) is 12. The minimum absolute atomic E-state index is 0.00976. The summed E-state index contributed by atoms with van der Waals surface area (Å²) in [4.78, 5) is 22.5. The predicted molar refractivity (Wildman–Crippen MR) is 161 cm³/mol. The summed E-state index contributed by atoms with van der Waals surface area (Å²) in [6.45, 7) is 2.98. The molecule has 1 N–H and O–H groups in total. The molecule has 0 aromatic heterocycles. The quantitative estimate of drug-likeness (QED) is 0.0522. The van der Waals surface area contributed by atoms with Gasteiger partial charge in [0.1, 0.15) is 25.9 Å². The molecule has 0 heterocycles. The van der Waals surface area contributed by atoms with Crippen LogP contribution in [0.2, 0.25) is 0 Å². The first-order valence-electron chi connectivity index (χ1n) is 15.3. The second-order valence-electron chi connectivity index (χ2n) is 11.7. The Hall–Kier alpha value is -1.28. The smallest absolute Gasteiger partial charge is 0.463 e. The number of benzene rings is 1. The molecule has 40 heavy (non-hydrogen) atoms. The maximum Gasteiger partial charge on any atom is 0.472 e. The number of carbonyl (C=O) groups is 1. The highest BCUT2D eigenvalue weighted by atomic mass is 31.2. The molecule has 0 bridgehead atoms. The van der Waals surface area contributed by atoms with Gasteiger partial charge < -0.3 is 18.9 Å². The number of carbonyl (C=O) groups excluding carboxylic acids is 1. The van der Waals surface area contributed by atoms with E-state index in [1.807, 2.05) is 51.5 Å². The highest BCUT2D eigenvalue weighted by Gasteiger charge is 2.28. The van der Waals surface area contributed by atoms with Crippen LogP contribution in [0.3, 0.4) is 0 Å². The topological polar surface area (TPSA) is 91.3 Å². The summed E-state index contributed by atoms with van der Waals surface area (Å²) in [7, 11) is 1.55. The van der Waals surface area contributed by atoms with Crippen molar-refractivity contribution in [2.45, 2.75) is 110 Å². The molecule has 0 aliphatic rings. The van der Waals surface area contributed by atoms with E-state index in [-0.39, 0.29) is 25.8 Å². The third-order valence-electron chi connectivity index (χ3n) is 6.63. The number of hydrogen-bond donors (Lipinski definition) is 1. The Morgan fingerprint density at radius 2 is 1.40 bits per heavy atom. The van der Waals surface area contributed by atoms with Crippen LogP contribution in [0, 0.1) is 0 Å². The van der Waals surface area contributed by atoms with Crippen LogP contribution in [0.25, 0.3) is 0 Å². The lowest BCUT2D eigenvalue weighted by molar-refractivity contribution is -0.870. The van der Waals surface area contributed by atoms with Crippen molar-refractivity contribution >= 4 is 13.8 Å². The van der Waals surface area contributed by atoms with Crippen LogP contribution >= 0.6 is 7.82 Å². The van der Waals surface area contributed by atoms with Crippen molar-refractivity contribution in [1.82, 2.24) is 0 Å². The van der Waals surface area contributed by atoms with Gasteiger partial charge in [0.05, 0.1) is 34.4 Å². The van der Waals surface area contributed by atoms with Crippen molar-refractivity contribution in [2.75, 3.05) is 47.5 Å². The SMILES string of the molecule is CCCCCCCCCCCCCCCC(=O)OC[C@@H](COCc1ccccc1)OP(=O)(O)OCC[N+](C)(C)C. The Morgan fingerprint density at radius 1 is 0.850 bits per heavy atom. The van der Waals surface area contributed by atoms with Gasteiger partial charge in [-0.15, -0.1) is 0 Å². The van der Waals surface area contributed by atoms with Gasteiger partial charge in [-0.1, -0.05) is 114 Å². The molecule has 0 saturated heterocycles. The molecule has 0 aliphatic carbocycles. The second-order valence-corrected chi connectivity index (χ2v) is 13.1. The van der Waals surface area contributed by atoms with Gasteiger partial charge in [-0.05, 0) is 12.0 Å². The molecule has 1 unspecified atom stereocenters. The first-order valence-corrected chi connectivity index (χ1v) is 16.8. The van der Waals surface area contributed by atoms with Crippen molar-refractivity contribution in [3.8, 4) is 0 Å². The van der Waals surface area contributed by atoms with Gasteiger partial charge in [0, 0.05) is 6.42 Å². The number of phosphoric ester groups is 1. The number of ether oxygens (including phenoxy) is 2. The summed E-state index contributed by atoms with van der Waals surface area (Å²) in [6, 6.07) is 9.59. The zero-order chi connectivity index (χ0) is 29.5. The summed E-state index contributed by atoms with van der Waals surface area (Å²) < 4.78 is 34.6. The average molecular weight is 587 g/mol. The maximum absolute atomic E-state index is 12.5. The van der Waals surface area contributed by atoms with E-state index in [0.717, 1.165) is 24.8 Å². The largest absolute Gasteiger partial charge is 0.472 e. The minimum atomic E-state index is -4.34. The van der Waals surface area contributed by atoms with E-state index in [0.29, 0.717) is 24.1 Å². The van der Waals surface area contributed by atoms with E-state index in [4.69, 9.17) is 18.5 Å². The molecular formula is C31H57NO7P+. The number of phosphoric acid groups is 1. The van der Waals surface area contributed by atoms with Crippen LogP contribution < -0.4 is 0 Å². The molecule has 1 aromatic carbocycles. The van der Waals surface area contributed by atoms with Crippen molar-refractivity contribution in [3.05, 3.63) is 35.9 Å². The highest BCUT2D eigenvalue weighted by Crippen LogP contribution is 2.44. The maximum atomic E-state index is 12.5. The molecule has 0 saturated carbocycles. The molecule has 0 radical (unpaired) electrons. The summed E-state index contributed by atoms with van der Waals surface area (Å²) in [5.74, 6) is -0.335. The number of hydrogen-bond acceptors (Lipinski definition) is 6. The first kappa shape index (κ1) is 36.7. The van der Waals surface area contributed by atoms with E-state index in [2.05, 4.69) is 6.92 Å². The first-order chi connectivity index (χ1) is 19.1. The molecule has 232 valence electrons. The van der Waals surface area contributed by atoms with Crippen LogP contribution in [0.4, 0.5) is 0 Å². The summed E-state index contributed by atoms with van der Waals surface area (Å²) in [6.07, 6.45) is 15.6. The van der Waals surface area contributed by atoms with Gasteiger partial charge in [0.15, 0.2) is 0 Å². The van der Waals surface area contributed by atoms with Crippen LogP contribution in [0.5, 0.6) is 0 Å². The van der Waals surface area contributed by atoms with Crippen molar-refractivity contribution < 1.29 is 37.3 Å². The number of esters is 1. The number of nitrogens with zero attached hydrogens (tertiary/aromatic N) is 1. The Bertz CT molecular complexity index is 801. The van der Waals surface area contributed by atoms with Gasteiger partial charge in [-0.3, -0.25) is 13.8 Å². The van der Waals surface area contributed by atoms with Crippen LogP contribution in [0.1, 0.15) is 102 Å². The minimum Gasteiger partial charge on any atom is -0.463 e. The normalized spacial score (nSPS) is 14.1. The lowest BCUT2D eigenvalue weighted by Crippen LogP contribution is -2.37. The second kappa shape index (κ2) is 22.3.